The van der Waals surface area contributed by atoms with E-state index >= 15 is 0 Å². The molecule has 8 nitrogen and oxygen atoms in total. The number of nitrogens with one attached hydrogen (secondary N) is 2. The van der Waals surface area contributed by atoms with Gasteiger partial charge in [0.15, 0.2) is 5.69 Å². The topological polar surface area (TPSA) is 95.9 Å². The second-order valence-corrected chi connectivity index (χ2v) is 8.30. The summed E-state index contributed by atoms with van der Waals surface area (Å²) in [6, 6.07) is 0. The summed E-state index contributed by atoms with van der Waals surface area (Å²) in [6.45, 7) is 5.05. The molecule has 0 aromatic carbocycles. The average molecular weight is 392 g/mol. The number of likely N-dealkylation sites (tertiary alicyclic amines) is 1. The molecule has 2 amide bonds. The molecular formula is C18H22F2N6O2. The van der Waals surface area contributed by atoms with Crippen LogP contribution in [0, 0.1) is 11.3 Å². The van der Waals surface area contributed by atoms with Gasteiger partial charge in [-0.3, -0.25) is 19.4 Å². The van der Waals surface area contributed by atoms with E-state index in [-0.39, 0.29) is 17.7 Å². The van der Waals surface area contributed by atoms with Crippen LogP contribution in [-0.2, 0) is 24.2 Å². The van der Waals surface area contributed by atoms with Gasteiger partial charge in [0.2, 0.25) is 6.41 Å². The molecule has 2 aromatic rings. The van der Waals surface area contributed by atoms with Gasteiger partial charge in [0, 0.05) is 61.3 Å². The predicted octanol–water partition coefficient (Wildman–Crippen LogP) is 1.71. The molecule has 0 saturated carbocycles. The highest BCUT2D eigenvalue weighted by molar-refractivity contribution is 6.04. The van der Waals surface area contributed by atoms with Crippen LogP contribution in [0.4, 0.5) is 14.5 Å². The van der Waals surface area contributed by atoms with Crippen molar-refractivity contribution >= 4 is 18.0 Å². The van der Waals surface area contributed by atoms with Crippen LogP contribution >= 0.6 is 0 Å². The lowest BCUT2D eigenvalue weighted by molar-refractivity contribution is -0.124. The second-order valence-electron chi connectivity index (χ2n) is 8.30. The first-order valence-corrected chi connectivity index (χ1v) is 9.15. The van der Waals surface area contributed by atoms with Crippen molar-refractivity contribution in [1.29, 1.82) is 0 Å². The molecule has 3 heterocycles. The van der Waals surface area contributed by atoms with Crippen LogP contribution < -0.4 is 5.32 Å². The van der Waals surface area contributed by atoms with Gasteiger partial charge < -0.3 is 10.2 Å². The molecule has 2 aromatic heterocycles. The number of amides is 2. The molecule has 2 aliphatic rings. The van der Waals surface area contributed by atoms with E-state index in [1.165, 1.54) is 20.0 Å². The summed E-state index contributed by atoms with van der Waals surface area (Å²) in [5.41, 5.74) is 0.136. The minimum atomic E-state index is -2.91. The van der Waals surface area contributed by atoms with Crippen molar-refractivity contribution in [2.75, 3.05) is 18.4 Å². The Labute approximate surface area is 160 Å². The Morgan fingerprint density at radius 1 is 1.39 bits per heavy atom. The first kappa shape index (κ1) is 18.6. The largest absolute Gasteiger partial charge is 0.344 e. The number of H-pyrrole nitrogens is 1. The number of aromatic amines is 1. The Bertz CT molecular complexity index is 913. The van der Waals surface area contributed by atoms with Crippen molar-refractivity contribution < 1.29 is 18.4 Å². The van der Waals surface area contributed by atoms with Crippen molar-refractivity contribution in [3.8, 4) is 0 Å². The number of rotatable bonds is 5. The van der Waals surface area contributed by atoms with Crippen LogP contribution in [0.1, 0.15) is 35.6 Å². The average Bonchev–Trinajstić information content (AvgIpc) is 3.16. The van der Waals surface area contributed by atoms with Crippen molar-refractivity contribution in [2.45, 2.75) is 39.2 Å². The van der Waals surface area contributed by atoms with Crippen LogP contribution in [0.15, 0.2) is 12.4 Å². The number of alkyl halides is 2. The summed E-state index contributed by atoms with van der Waals surface area (Å²) >= 11 is 0. The molecule has 0 bridgehead atoms. The summed E-state index contributed by atoms with van der Waals surface area (Å²) < 4.78 is 30.5. The molecule has 1 aliphatic carbocycles. The molecule has 28 heavy (non-hydrogen) atoms. The van der Waals surface area contributed by atoms with E-state index in [0.717, 1.165) is 6.41 Å². The molecule has 1 saturated heterocycles. The number of hydrogen-bond donors (Lipinski definition) is 2. The summed E-state index contributed by atoms with van der Waals surface area (Å²) in [4.78, 5) is 24.9. The molecule has 4 rings (SSSR count). The summed E-state index contributed by atoms with van der Waals surface area (Å²) in [5, 5.41) is 13.6. The highest BCUT2D eigenvalue weighted by Crippen LogP contribution is 2.46. The highest BCUT2D eigenvalue weighted by Gasteiger charge is 2.51. The van der Waals surface area contributed by atoms with Crippen molar-refractivity contribution in [2.24, 2.45) is 11.3 Å². The first-order chi connectivity index (χ1) is 13.2. The lowest BCUT2D eigenvalue weighted by Crippen LogP contribution is -2.47. The van der Waals surface area contributed by atoms with Crippen LogP contribution in [0.25, 0.3) is 0 Å². The fourth-order valence-electron chi connectivity index (χ4n) is 3.75. The van der Waals surface area contributed by atoms with E-state index in [1.807, 2.05) is 0 Å². The maximum absolute atomic E-state index is 14.4. The molecule has 10 heteroatoms. The lowest BCUT2D eigenvalue weighted by atomic mass is 9.73. The lowest BCUT2D eigenvalue weighted by Gasteiger charge is -2.37. The van der Waals surface area contributed by atoms with E-state index in [2.05, 4.69) is 20.6 Å². The highest BCUT2D eigenvalue weighted by atomic mass is 19.3. The minimum Gasteiger partial charge on any atom is -0.344 e. The van der Waals surface area contributed by atoms with E-state index in [4.69, 9.17) is 0 Å². The fourth-order valence-corrected chi connectivity index (χ4v) is 3.75. The number of anilines is 1. The van der Waals surface area contributed by atoms with Crippen LogP contribution in [0.3, 0.4) is 0 Å². The van der Waals surface area contributed by atoms with Gasteiger partial charge in [0.05, 0.1) is 11.9 Å². The molecule has 150 valence electrons. The molecule has 1 fully saturated rings. The maximum Gasteiger partial charge on any atom is 0.276 e. The van der Waals surface area contributed by atoms with E-state index in [1.54, 1.807) is 15.8 Å². The third kappa shape index (κ3) is 3.16. The molecule has 0 radical (unpaired) electrons. The van der Waals surface area contributed by atoms with Gasteiger partial charge in [-0.2, -0.15) is 10.2 Å². The Kier molecular flexibility index (Phi) is 4.24. The van der Waals surface area contributed by atoms with E-state index < -0.39 is 23.7 Å². The van der Waals surface area contributed by atoms with Crippen molar-refractivity contribution in [3.05, 3.63) is 29.3 Å². The normalized spacial score (nSPS) is 20.4. The smallest absolute Gasteiger partial charge is 0.276 e. The number of carbonyl (C=O) groups excluding carboxylic acids is 2. The Morgan fingerprint density at radius 3 is 2.86 bits per heavy atom. The molecule has 0 atom stereocenters. The number of nitrogens with zero attached hydrogens (tertiary/aromatic N) is 4. The Hall–Kier alpha value is -2.78. The number of hydrogen-bond acceptors (Lipinski definition) is 4. The van der Waals surface area contributed by atoms with Gasteiger partial charge in [-0.05, 0) is 0 Å². The molecule has 1 aliphatic heterocycles. The SMILES string of the molecule is CC1(C)Cc2[nH]nc(C(=O)Nc3cnn(CC4CN(C=O)C4)c3)c2CC1(F)F. The third-order valence-corrected chi connectivity index (χ3v) is 5.65. The number of fused-ring (bicyclic) bond motifs is 1. The molecular weight excluding hydrogens is 370 g/mol. The zero-order valence-electron chi connectivity index (χ0n) is 15.7. The first-order valence-electron chi connectivity index (χ1n) is 9.15. The van der Waals surface area contributed by atoms with Gasteiger partial charge in [-0.15, -0.1) is 0 Å². The van der Waals surface area contributed by atoms with Gasteiger partial charge in [-0.25, -0.2) is 8.78 Å². The Morgan fingerprint density at radius 2 is 2.14 bits per heavy atom. The van der Waals surface area contributed by atoms with Crippen molar-refractivity contribution in [3.63, 3.8) is 0 Å². The quantitative estimate of drug-likeness (QED) is 0.757. The summed E-state index contributed by atoms with van der Waals surface area (Å²) in [7, 11) is 0. The van der Waals surface area contributed by atoms with Gasteiger partial charge >= 0.3 is 0 Å². The van der Waals surface area contributed by atoms with Gasteiger partial charge in [0.1, 0.15) is 0 Å². The predicted molar refractivity (Wildman–Crippen MR) is 96.0 cm³/mol. The summed E-state index contributed by atoms with van der Waals surface area (Å²) in [6.07, 6.45) is 3.62. The summed E-state index contributed by atoms with van der Waals surface area (Å²) in [5.74, 6) is -3.12. The van der Waals surface area contributed by atoms with Crippen molar-refractivity contribution in [1.82, 2.24) is 24.9 Å². The van der Waals surface area contributed by atoms with Crippen LogP contribution in [0.5, 0.6) is 0 Å². The second kappa shape index (κ2) is 6.39. The van der Waals surface area contributed by atoms with Gasteiger partial charge in [0.25, 0.3) is 11.8 Å². The molecule has 0 unspecified atom stereocenters. The third-order valence-electron chi connectivity index (χ3n) is 5.65. The van der Waals surface area contributed by atoms with Crippen LogP contribution in [-0.4, -0.2) is 56.2 Å². The zero-order chi connectivity index (χ0) is 20.1. The monoisotopic (exact) mass is 392 g/mol. The minimum absolute atomic E-state index is 0.00135. The number of aromatic nitrogens is 4. The van der Waals surface area contributed by atoms with E-state index in [0.29, 0.717) is 36.9 Å². The number of carbonyl (C=O) groups is 2. The maximum atomic E-state index is 14.4. The van der Waals surface area contributed by atoms with Gasteiger partial charge in [-0.1, -0.05) is 13.8 Å². The molecule has 2 N–H and O–H groups in total. The Balaban J connectivity index is 1.43. The zero-order valence-corrected chi connectivity index (χ0v) is 15.7. The fraction of sp³-hybridized carbons (Fsp3) is 0.556. The number of halogens is 2. The van der Waals surface area contributed by atoms with E-state index in [9.17, 15) is 18.4 Å². The standard InChI is InChI=1S/C18H22F2N6O2/c1-17(2)4-14-13(3-18(17,19)20)15(24-23-14)16(28)22-12-5-21-26(9-12)8-11-6-25(7-11)10-27/h5,9-11H,3-4,6-8H2,1-2H3,(H,22,28)(H,23,24). The van der Waals surface area contributed by atoms with Crippen LogP contribution in [0.2, 0.25) is 0 Å². The molecule has 0 spiro atoms.